The molecule has 3 N–H and O–H groups in total. The first kappa shape index (κ1) is 18.4. The van der Waals surface area contributed by atoms with Crippen LogP contribution in [0.15, 0.2) is 41.8 Å². The number of thiophene rings is 1. The van der Waals surface area contributed by atoms with Crippen LogP contribution in [0.1, 0.15) is 39.4 Å². The van der Waals surface area contributed by atoms with Gasteiger partial charge in [0.05, 0.1) is 10.4 Å². The average Bonchev–Trinajstić information content (AvgIpc) is 2.97. The van der Waals surface area contributed by atoms with Crippen molar-refractivity contribution in [3.05, 3.63) is 57.8 Å². The van der Waals surface area contributed by atoms with Crippen molar-refractivity contribution in [3.63, 3.8) is 0 Å². The average molecular weight is 339 g/mol. The number of amides is 1. The monoisotopic (exact) mass is 338 g/mol. The lowest BCUT2D eigenvalue weighted by Crippen LogP contribution is -2.45. The van der Waals surface area contributed by atoms with E-state index < -0.39 is 5.54 Å². The minimum atomic E-state index is -0.498. The fourth-order valence-electron chi connectivity index (χ4n) is 1.82. The molecule has 6 heteroatoms. The zero-order valence-electron chi connectivity index (χ0n) is 12.5. The van der Waals surface area contributed by atoms with Gasteiger partial charge in [0.25, 0.3) is 5.91 Å². The lowest BCUT2D eigenvalue weighted by molar-refractivity contribution is 0.0936. The van der Waals surface area contributed by atoms with Gasteiger partial charge >= 0.3 is 0 Å². The molecular weight excluding hydrogens is 320 g/mol. The Bertz CT molecular complexity index is 648. The normalized spacial score (nSPS) is 10.7. The minimum Gasteiger partial charge on any atom is -0.350 e. The highest BCUT2D eigenvalue weighted by atomic mass is 35.5. The van der Waals surface area contributed by atoms with Gasteiger partial charge in [-0.25, -0.2) is 0 Å². The number of carbonyl (C=O) groups is 2. The molecule has 1 aromatic heterocycles. The molecule has 0 bridgehead atoms. The minimum absolute atomic E-state index is 0. The van der Waals surface area contributed by atoms with Gasteiger partial charge in [0, 0.05) is 17.6 Å². The Labute approximate surface area is 140 Å². The lowest BCUT2D eigenvalue weighted by atomic mass is 10.0. The number of hydrogen-bond acceptors (Lipinski definition) is 4. The second-order valence-electron chi connectivity index (χ2n) is 5.52. The molecule has 0 saturated heterocycles. The van der Waals surface area contributed by atoms with Crippen molar-refractivity contribution >= 4 is 35.4 Å². The number of ketones is 1. The zero-order valence-corrected chi connectivity index (χ0v) is 14.1. The predicted octanol–water partition coefficient (Wildman–Crippen LogP) is 2.87. The maximum atomic E-state index is 12.4. The Morgan fingerprint density at radius 1 is 1.14 bits per heavy atom. The van der Waals surface area contributed by atoms with Crippen molar-refractivity contribution in [1.29, 1.82) is 0 Å². The van der Waals surface area contributed by atoms with Gasteiger partial charge in [-0.15, -0.1) is 23.7 Å². The number of halogens is 1. The zero-order chi connectivity index (χ0) is 15.5. The van der Waals surface area contributed by atoms with Gasteiger partial charge in [-0.3, -0.25) is 9.59 Å². The van der Waals surface area contributed by atoms with Crippen LogP contribution >= 0.6 is 23.7 Å². The molecule has 22 heavy (non-hydrogen) atoms. The van der Waals surface area contributed by atoms with Crippen molar-refractivity contribution in [2.75, 3.05) is 6.54 Å². The SMILES string of the molecule is CC(C)(N)CNC(=O)c1ccccc1C(=O)c1cccs1.Cl. The molecule has 0 saturated carbocycles. The van der Waals surface area contributed by atoms with E-state index in [4.69, 9.17) is 5.73 Å². The molecule has 0 spiro atoms. The van der Waals surface area contributed by atoms with Crippen molar-refractivity contribution in [3.8, 4) is 0 Å². The van der Waals surface area contributed by atoms with E-state index in [1.807, 2.05) is 25.3 Å². The Morgan fingerprint density at radius 2 is 1.77 bits per heavy atom. The maximum absolute atomic E-state index is 12.4. The highest BCUT2D eigenvalue weighted by molar-refractivity contribution is 7.12. The first-order valence-electron chi connectivity index (χ1n) is 6.63. The summed E-state index contributed by atoms with van der Waals surface area (Å²) in [4.78, 5) is 25.3. The molecule has 2 aromatic rings. The van der Waals surface area contributed by atoms with Crippen molar-refractivity contribution in [1.82, 2.24) is 5.32 Å². The molecule has 4 nitrogen and oxygen atoms in total. The number of hydrogen-bond donors (Lipinski definition) is 2. The van der Waals surface area contributed by atoms with Crippen molar-refractivity contribution in [2.24, 2.45) is 5.73 Å². The molecule has 0 aliphatic carbocycles. The van der Waals surface area contributed by atoms with Crippen molar-refractivity contribution in [2.45, 2.75) is 19.4 Å². The predicted molar refractivity (Wildman–Crippen MR) is 92.0 cm³/mol. The second-order valence-corrected chi connectivity index (χ2v) is 6.47. The summed E-state index contributed by atoms with van der Waals surface area (Å²) >= 11 is 1.36. The molecule has 0 atom stereocenters. The van der Waals surface area contributed by atoms with E-state index in [2.05, 4.69) is 5.32 Å². The smallest absolute Gasteiger partial charge is 0.252 e. The van der Waals surface area contributed by atoms with Gasteiger partial charge < -0.3 is 11.1 Å². The highest BCUT2D eigenvalue weighted by Crippen LogP contribution is 2.18. The van der Waals surface area contributed by atoms with Crippen LogP contribution in [-0.4, -0.2) is 23.8 Å². The van der Waals surface area contributed by atoms with Gasteiger partial charge in [-0.1, -0.05) is 24.3 Å². The van der Waals surface area contributed by atoms with Gasteiger partial charge in [-0.05, 0) is 31.4 Å². The van der Waals surface area contributed by atoms with Crippen molar-refractivity contribution < 1.29 is 9.59 Å². The molecule has 0 aliphatic heterocycles. The Hall–Kier alpha value is -1.69. The summed E-state index contributed by atoms with van der Waals surface area (Å²) in [6, 6.07) is 10.4. The van der Waals surface area contributed by atoms with E-state index >= 15 is 0 Å². The molecule has 0 radical (unpaired) electrons. The van der Waals surface area contributed by atoms with Crippen LogP contribution in [0.5, 0.6) is 0 Å². The first-order valence-corrected chi connectivity index (χ1v) is 7.51. The third-order valence-electron chi connectivity index (χ3n) is 2.87. The molecule has 1 amide bonds. The van der Waals surface area contributed by atoms with Gasteiger partial charge in [0.1, 0.15) is 0 Å². The first-order chi connectivity index (χ1) is 9.88. The molecule has 0 fully saturated rings. The summed E-state index contributed by atoms with van der Waals surface area (Å²) in [7, 11) is 0. The topological polar surface area (TPSA) is 72.2 Å². The fourth-order valence-corrected chi connectivity index (χ4v) is 2.50. The molecule has 1 heterocycles. The second kappa shape index (κ2) is 7.54. The fraction of sp³-hybridized carbons (Fsp3) is 0.250. The van der Waals surface area contributed by atoms with E-state index in [0.717, 1.165) is 0 Å². The van der Waals surface area contributed by atoms with Crippen LogP contribution < -0.4 is 11.1 Å². The number of nitrogens with one attached hydrogen (secondary N) is 1. The van der Waals surface area contributed by atoms with Gasteiger partial charge in [0.15, 0.2) is 0 Å². The Morgan fingerprint density at radius 3 is 2.32 bits per heavy atom. The number of benzene rings is 1. The van der Waals surface area contributed by atoms with E-state index in [0.29, 0.717) is 22.5 Å². The summed E-state index contributed by atoms with van der Waals surface area (Å²) in [6.45, 7) is 4.00. The van der Waals surface area contributed by atoms with Crippen LogP contribution in [0.25, 0.3) is 0 Å². The molecule has 0 unspecified atom stereocenters. The van der Waals surface area contributed by atoms with Crippen LogP contribution in [0.3, 0.4) is 0 Å². The van der Waals surface area contributed by atoms with Gasteiger partial charge in [-0.2, -0.15) is 0 Å². The lowest BCUT2D eigenvalue weighted by Gasteiger charge is -2.19. The third kappa shape index (κ3) is 4.66. The quantitative estimate of drug-likeness (QED) is 0.823. The molecule has 0 aliphatic rings. The molecule has 2 rings (SSSR count). The highest BCUT2D eigenvalue weighted by Gasteiger charge is 2.20. The van der Waals surface area contributed by atoms with Crippen LogP contribution in [0, 0.1) is 0 Å². The van der Waals surface area contributed by atoms with E-state index in [9.17, 15) is 9.59 Å². The summed E-state index contributed by atoms with van der Waals surface area (Å²) in [6.07, 6.45) is 0. The molecular formula is C16H19ClN2O2S. The Kier molecular flexibility index (Phi) is 6.29. The van der Waals surface area contributed by atoms with E-state index in [1.54, 1.807) is 30.3 Å². The molecule has 1 aromatic carbocycles. The summed E-state index contributed by atoms with van der Waals surface area (Å²) in [5.41, 5.74) is 6.14. The van der Waals surface area contributed by atoms with E-state index in [-0.39, 0.29) is 24.1 Å². The third-order valence-corrected chi connectivity index (χ3v) is 3.73. The van der Waals surface area contributed by atoms with Crippen LogP contribution in [0.2, 0.25) is 0 Å². The largest absolute Gasteiger partial charge is 0.350 e. The van der Waals surface area contributed by atoms with Crippen LogP contribution in [0.4, 0.5) is 0 Å². The number of carbonyl (C=O) groups excluding carboxylic acids is 2. The van der Waals surface area contributed by atoms with Gasteiger partial charge in [0.2, 0.25) is 5.78 Å². The maximum Gasteiger partial charge on any atom is 0.252 e. The summed E-state index contributed by atoms with van der Waals surface area (Å²) < 4.78 is 0. The number of nitrogens with two attached hydrogens (primary N) is 1. The number of rotatable bonds is 5. The van der Waals surface area contributed by atoms with E-state index in [1.165, 1.54) is 11.3 Å². The summed E-state index contributed by atoms with van der Waals surface area (Å²) in [5.74, 6) is -0.420. The summed E-state index contributed by atoms with van der Waals surface area (Å²) in [5, 5.41) is 4.61. The van der Waals surface area contributed by atoms with Crippen LogP contribution in [-0.2, 0) is 0 Å². The molecule has 118 valence electrons. The Balaban J connectivity index is 0.00000242. The standard InChI is InChI=1S/C16H18N2O2S.ClH/c1-16(2,17)10-18-15(20)12-7-4-3-6-11(12)14(19)13-8-5-9-21-13;/h3-9H,10,17H2,1-2H3,(H,18,20);1H.